The van der Waals surface area contributed by atoms with E-state index >= 15 is 0 Å². The standard InChI is InChI=1S/C19H16ClNO5/c1-12(26-18(22)8-5-13-3-2-4-14(20)9-13)19(23)21-15-6-7-16-17(10-15)25-11-24-16/h2-10,12H,11H2,1H3,(H,21,23)/b8-5+/t12-/m1/s1. The van der Waals surface area contributed by atoms with E-state index in [4.69, 9.17) is 25.8 Å². The molecular weight excluding hydrogens is 358 g/mol. The summed E-state index contributed by atoms with van der Waals surface area (Å²) in [7, 11) is 0. The third kappa shape index (κ3) is 4.55. The van der Waals surface area contributed by atoms with Crippen molar-refractivity contribution in [3.05, 3.63) is 59.1 Å². The third-order valence-corrected chi connectivity index (χ3v) is 3.80. The quantitative estimate of drug-likeness (QED) is 0.639. The maximum absolute atomic E-state index is 12.2. The molecule has 0 aliphatic carbocycles. The average Bonchev–Trinajstić information content (AvgIpc) is 3.07. The summed E-state index contributed by atoms with van der Waals surface area (Å²) in [6.07, 6.45) is 1.85. The molecule has 7 heteroatoms. The summed E-state index contributed by atoms with van der Waals surface area (Å²) in [4.78, 5) is 24.0. The van der Waals surface area contributed by atoms with Crippen LogP contribution in [0.25, 0.3) is 6.08 Å². The van der Waals surface area contributed by atoms with Crippen molar-refractivity contribution in [2.24, 2.45) is 0 Å². The van der Waals surface area contributed by atoms with Crippen molar-refractivity contribution in [2.45, 2.75) is 13.0 Å². The Labute approximate surface area is 155 Å². The number of benzene rings is 2. The molecule has 1 heterocycles. The zero-order valence-corrected chi connectivity index (χ0v) is 14.7. The Kier molecular flexibility index (Phi) is 5.43. The van der Waals surface area contributed by atoms with Gasteiger partial charge in [-0.1, -0.05) is 23.7 Å². The van der Waals surface area contributed by atoms with Gasteiger partial charge < -0.3 is 19.5 Å². The highest BCUT2D eigenvalue weighted by atomic mass is 35.5. The minimum absolute atomic E-state index is 0.152. The van der Waals surface area contributed by atoms with Crippen LogP contribution in [0.5, 0.6) is 11.5 Å². The Bertz CT molecular complexity index is 865. The SMILES string of the molecule is C[C@@H](OC(=O)/C=C/c1cccc(Cl)c1)C(=O)Nc1ccc2c(c1)OCO2. The van der Waals surface area contributed by atoms with Gasteiger partial charge in [-0.15, -0.1) is 0 Å². The van der Waals surface area contributed by atoms with Crippen LogP contribution in [0.2, 0.25) is 5.02 Å². The normalized spacial score (nSPS) is 13.5. The van der Waals surface area contributed by atoms with Gasteiger partial charge in [0, 0.05) is 22.9 Å². The highest BCUT2D eigenvalue weighted by Crippen LogP contribution is 2.34. The predicted molar refractivity (Wildman–Crippen MR) is 97.2 cm³/mol. The maximum atomic E-state index is 12.2. The van der Waals surface area contributed by atoms with Gasteiger partial charge in [0.05, 0.1) is 0 Å². The van der Waals surface area contributed by atoms with E-state index in [-0.39, 0.29) is 6.79 Å². The molecule has 134 valence electrons. The van der Waals surface area contributed by atoms with Crippen LogP contribution in [0.4, 0.5) is 5.69 Å². The molecule has 1 aliphatic heterocycles. The number of nitrogens with one attached hydrogen (secondary N) is 1. The Morgan fingerprint density at radius 3 is 2.81 bits per heavy atom. The monoisotopic (exact) mass is 373 g/mol. The van der Waals surface area contributed by atoms with Gasteiger partial charge >= 0.3 is 5.97 Å². The lowest BCUT2D eigenvalue weighted by molar-refractivity contribution is -0.148. The third-order valence-electron chi connectivity index (χ3n) is 3.56. The van der Waals surface area contributed by atoms with Crippen molar-refractivity contribution in [1.82, 2.24) is 0 Å². The molecule has 0 spiro atoms. The molecule has 6 nitrogen and oxygen atoms in total. The van der Waals surface area contributed by atoms with E-state index in [0.717, 1.165) is 5.56 Å². The largest absolute Gasteiger partial charge is 0.454 e. The lowest BCUT2D eigenvalue weighted by Crippen LogP contribution is -2.29. The summed E-state index contributed by atoms with van der Waals surface area (Å²) in [5.41, 5.74) is 1.28. The number of anilines is 1. The van der Waals surface area contributed by atoms with Gasteiger partial charge in [0.25, 0.3) is 5.91 Å². The van der Waals surface area contributed by atoms with Crippen molar-refractivity contribution in [3.63, 3.8) is 0 Å². The van der Waals surface area contributed by atoms with Gasteiger partial charge in [0.2, 0.25) is 6.79 Å². The first kappa shape index (κ1) is 17.8. The number of ether oxygens (including phenoxy) is 3. The number of amides is 1. The number of halogens is 1. The molecule has 0 unspecified atom stereocenters. The lowest BCUT2D eigenvalue weighted by atomic mass is 10.2. The molecule has 1 aliphatic rings. The number of carbonyl (C=O) groups excluding carboxylic acids is 2. The van der Waals surface area contributed by atoms with E-state index in [1.54, 1.807) is 48.5 Å². The molecule has 0 aromatic heterocycles. The minimum atomic E-state index is -0.961. The molecule has 0 radical (unpaired) electrons. The number of esters is 1. The number of hydrogen-bond donors (Lipinski definition) is 1. The van der Waals surface area contributed by atoms with E-state index in [0.29, 0.717) is 22.2 Å². The Balaban J connectivity index is 1.54. The van der Waals surface area contributed by atoms with Crippen LogP contribution < -0.4 is 14.8 Å². The van der Waals surface area contributed by atoms with Gasteiger partial charge in [-0.25, -0.2) is 4.79 Å². The zero-order valence-electron chi connectivity index (χ0n) is 13.9. The highest BCUT2D eigenvalue weighted by molar-refractivity contribution is 6.30. The van der Waals surface area contributed by atoms with Gasteiger partial charge in [0.1, 0.15) is 0 Å². The fourth-order valence-corrected chi connectivity index (χ4v) is 2.46. The van der Waals surface area contributed by atoms with E-state index in [1.807, 2.05) is 0 Å². The molecule has 3 rings (SSSR count). The van der Waals surface area contributed by atoms with Crippen LogP contribution in [0.3, 0.4) is 0 Å². The first-order chi connectivity index (χ1) is 12.5. The number of carbonyl (C=O) groups is 2. The summed E-state index contributed by atoms with van der Waals surface area (Å²) in [5, 5.41) is 3.23. The second kappa shape index (κ2) is 7.93. The molecular formula is C19H16ClNO5. The zero-order chi connectivity index (χ0) is 18.5. The first-order valence-corrected chi connectivity index (χ1v) is 8.24. The maximum Gasteiger partial charge on any atom is 0.331 e. The van der Waals surface area contributed by atoms with Gasteiger partial charge in [-0.2, -0.15) is 0 Å². The van der Waals surface area contributed by atoms with Gasteiger partial charge in [-0.05, 0) is 42.8 Å². The Morgan fingerprint density at radius 2 is 2.00 bits per heavy atom. The van der Waals surface area contributed by atoms with Gasteiger partial charge in [0.15, 0.2) is 17.6 Å². The van der Waals surface area contributed by atoms with Crippen molar-refractivity contribution in [1.29, 1.82) is 0 Å². The first-order valence-electron chi connectivity index (χ1n) is 7.86. The van der Waals surface area contributed by atoms with Gasteiger partial charge in [-0.3, -0.25) is 4.79 Å². The fourth-order valence-electron chi connectivity index (χ4n) is 2.26. The molecule has 0 saturated carbocycles. The molecule has 0 saturated heterocycles. The van der Waals surface area contributed by atoms with E-state index in [9.17, 15) is 9.59 Å². The molecule has 2 aromatic carbocycles. The topological polar surface area (TPSA) is 73.9 Å². The summed E-state index contributed by atoms with van der Waals surface area (Å²) < 4.78 is 15.6. The number of hydrogen-bond acceptors (Lipinski definition) is 5. The fraction of sp³-hybridized carbons (Fsp3) is 0.158. The number of rotatable bonds is 5. The highest BCUT2D eigenvalue weighted by Gasteiger charge is 2.19. The smallest absolute Gasteiger partial charge is 0.331 e. The predicted octanol–water partition coefficient (Wildman–Crippen LogP) is 3.65. The van der Waals surface area contributed by atoms with Crippen molar-refractivity contribution < 1.29 is 23.8 Å². The van der Waals surface area contributed by atoms with Crippen LogP contribution in [0.1, 0.15) is 12.5 Å². The van der Waals surface area contributed by atoms with E-state index < -0.39 is 18.0 Å². The lowest BCUT2D eigenvalue weighted by Gasteiger charge is -2.12. The second-order valence-electron chi connectivity index (χ2n) is 5.52. The molecule has 1 atom stereocenters. The summed E-state index contributed by atoms with van der Waals surface area (Å²) >= 11 is 5.88. The molecule has 26 heavy (non-hydrogen) atoms. The van der Waals surface area contributed by atoms with E-state index in [2.05, 4.69) is 5.32 Å². The average molecular weight is 374 g/mol. The molecule has 2 aromatic rings. The van der Waals surface area contributed by atoms with Crippen LogP contribution in [-0.2, 0) is 14.3 Å². The van der Waals surface area contributed by atoms with Crippen LogP contribution >= 0.6 is 11.6 Å². The Morgan fingerprint density at radius 1 is 1.19 bits per heavy atom. The Hall–Kier alpha value is -2.99. The van der Waals surface area contributed by atoms with Crippen molar-refractivity contribution in [2.75, 3.05) is 12.1 Å². The van der Waals surface area contributed by atoms with Crippen LogP contribution in [0, 0.1) is 0 Å². The molecule has 0 bridgehead atoms. The molecule has 1 N–H and O–H groups in total. The summed E-state index contributed by atoms with van der Waals surface area (Å²) in [5.74, 6) is 0.0946. The van der Waals surface area contributed by atoms with Crippen LogP contribution in [0.15, 0.2) is 48.5 Å². The number of fused-ring (bicyclic) bond motifs is 1. The van der Waals surface area contributed by atoms with Crippen molar-refractivity contribution >= 4 is 35.2 Å². The molecule has 0 fully saturated rings. The molecule has 1 amide bonds. The minimum Gasteiger partial charge on any atom is -0.454 e. The second-order valence-corrected chi connectivity index (χ2v) is 5.96. The van der Waals surface area contributed by atoms with E-state index in [1.165, 1.54) is 13.0 Å². The van der Waals surface area contributed by atoms with Crippen LogP contribution in [-0.4, -0.2) is 24.8 Å². The summed E-state index contributed by atoms with van der Waals surface area (Å²) in [6, 6.07) is 12.0. The van der Waals surface area contributed by atoms with Crippen molar-refractivity contribution in [3.8, 4) is 11.5 Å². The summed E-state index contributed by atoms with van der Waals surface area (Å²) in [6.45, 7) is 1.65.